The number of benzene rings is 1. The molecule has 0 saturated carbocycles. The quantitative estimate of drug-likeness (QED) is 0.511. The van der Waals surface area contributed by atoms with E-state index in [-0.39, 0.29) is 18.3 Å². The number of hydrogen-bond donors (Lipinski definition) is 1. The van der Waals surface area contributed by atoms with Crippen LogP contribution in [0, 0.1) is 0 Å². The number of allylic oxidation sites excluding steroid dienone is 2. The number of carbonyl (C=O) groups is 2. The normalized spacial score (nSPS) is 13.8. The lowest BCUT2D eigenvalue weighted by Gasteiger charge is -2.13. The number of carbonyl (C=O) groups excluding carboxylic acids is 2. The van der Waals surface area contributed by atoms with E-state index in [0.717, 1.165) is 17.7 Å². The zero-order valence-corrected chi connectivity index (χ0v) is 17.4. The first-order chi connectivity index (χ1) is 14.5. The Hall–Kier alpha value is -3.48. The summed E-state index contributed by atoms with van der Waals surface area (Å²) < 4.78 is 7.39. The highest BCUT2D eigenvalue weighted by Gasteiger charge is 2.19. The van der Waals surface area contributed by atoms with E-state index in [1.807, 2.05) is 38.1 Å². The Labute approximate surface area is 176 Å². The molecule has 1 amide bonds. The van der Waals surface area contributed by atoms with Crippen LogP contribution in [0.4, 0.5) is 0 Å². The van der Waals surface area contributed by atoms with Crippen LogP contribution in [0.2, 0.25) is 0 Å². The van der Waals surface area contributed by atoms with Crippen molar-refractivity contribution in [2.75, 3.05) is 13.2 Å². The van der Waals surface area contributed by atoms with E-state index in [0.29, 0.717) is 42.2 Å². The highest BCUT2D eigenvalue weighted by atomic mass is 16.5. The molecule has 0 radical (unpaired) electrons. The average molecular weight is 406 g/mol. The van der Waals surface area contributed by atoms with Gasteiger partial charge >= 0.3 is 0 Å². The average Bonchev–Trinajstić information content (AvgIpc) is 3.18. The SMILES string of the molecule is C=C(/C=C\N=C(C)c1ccccc1OCC(=O)CCC)c1cc2n(n1)CCNC2=O. The van der Waals surface area contributed by atoms with Crippen molar-refractivity contribution in [3.8, 4) is 5.75 Å². The van der Waals surface area contributed by atoms with Gasteiger partial charge in [0.25, 0.3) is 5.91 Å². The lowest BCUT2D eigenvalue weighted by atomic mass is 10.1. The maximum Gasteiger partial charge on any atom is 0.269 e. The summed E-state index contributed by atoms with van der Waals surface area (Å²) in [6.07, 6.45) is 4.72. The van der Waals surface area contributed by atoms with Gasteiger partial charge in [-0.25, -0.2) is 0 Å². The molecule has 2 heterocycles. The van der Waals surface area contributed by atoms with Gasteiger partial charge in [0.05, 0.1) is 12.2 Å². The van der Waals surface area contributed by atoms with E-state index >= 15 is 0 Å². The van der Waals surface area contributed by atoms with Crippen LogP contribution in [-0.2, 0) is 11.3 Å². The van der Waals surface area contributed by atoms with E-state index in [4.69, 9.17) is 4.74 Å². The fourth-order valence-electron chi connectivity index (χ4n) is 3.09. The zero-order chi connectivity index (χ0) is 21.5. The highest BCUT2D eigenvalue weighted by molar-refractivity contribution is 6.01. The maximum absolute atomic E-state index is 11.9. The van der Waals surface area contributed by atoms with E-state index in [2.05, 4.69) is 22.0 Å². The molecule has 156 valence electrons. The van der Waals surface area contributed by atoms with Crippen molar-refractivity contribution in [1.29, 1.82) is 0 Å². The maximum atomic E-state index is 11.9. The van der Waals surface area contributed by atoms with Crippen LogP contribution in [0.1, 0.15) is 48.4 Å². The summed E-state index contributed by atoms with van der Waals surface area (Å²) in [4.78, 5) is 28.1. The molecule has 0 fully saturated rings. The number of nitrogens with zero attached hydrogens (tertiary/aromatic N) is 3. The van der Waals surface area contributed by atoms with Crippen LogP contribution in [0.5, 0.6) is 5.75 Å². The minimum atomic E-state index is -0.125. The monoisotopic (exact) mass is 406 g/mol. The summed E-state index contributed by atoms with van der Waals surface area (Å²) in [6.45, 7) is 9.15. The number of para-hydroxylation sites is 1. The van der Waals surface area contributed by atoms with Gasteiger partial charge in [-0.15, -0.1) is 0 Å². The Balaban J connectivity index is 1.69. The first kappa shape index (κ1) is 21.2. The van der Waals surface area contributed by atoms with E-state index in [1.54, 1.807) is 23.0 Å². The molecular formula is C23H26N4O3. The first-order valence-corrected chi connectivity index (χ1v) is 9.99. The van der Waals surface area contributed by atoms with Crippen molar-refractivity contribution in [3.63, 3.8) is 0 Å². The molecular weight excluding hydrogens is 380 g/mol. The van der Waals surface area contributed by atoms with Crippen molar-refractivity contribution in [3.05, 3.63) is 66.1 Å². The predicted octanol–water partition coefficient (Wildman–Crippen LogP) is 3.41. The minimum Gasteiger partial charge on any atom is -0.485 e. The minimum absolute atomic E-state index is 0.0589. The van der Waals surface area contributed by atoms with Crippen LogP contribution in [0.25, 0.3) is 5.57 Å². The Morgan fingerprint density at radius 3 is 2.97 bits per heavy atom. The van der Waals surface area contributed by atoms with Crippen LogP contribution < -0.4 is 10.1 Å². The summed E-state index contributed by atoms with van der Waals surface area (Å²) in [7, 11) is 0. The van der Waals surface area contributed by atoms with Gasteiger partial charge in [-0.3, -0.25) is 19.3 Å². The fraction of sp³-hybridized carbons (Fsp3) is 0.304. The fourth-order valence-corrected chi connectivity index (χ4v) is 3.09. The third kappa shape index (κ3) is 5.11. The van der Waals surface area contributed by atoms with Crippen molar-refractivity contribution in [2.45, 2.75) is 33.2 Å². The Kier molecular flexibility index (Phi) is 6.95. The second kappa shape index (κ2) is 9.82. The lowest BCUT2D eigenvalue weighted by molar-refractivity contribution is -0.121. The molecule has 1 aliphatic rings. The summed E-state index contributed by atoms with van der Waals surface area (Å²) in [5.74, 6) is 0.581. The van der Waals surface area contributed by atoms with Crippen LogP contribution >= 0.6 is 0 Å². The smallest absolute Gasteiger partial charge is 0.269 e. The van der Waals surface area contributed by atoms with Crippen LogP contribution in [-0.4, -0.2) is 40.3 Å². The molecule has 0 saturated heterocycles. The van der Waals surface area contributed by atoms with Crippen LogP contribution in [0.3, 0.4) is 0 Å². The van der Waals surface area contributed by atoms with Gasteiger partial charge in [0.1, 0.15) is 18.1 Å². The number of fused-ring (bicyclic) bond motifs is 1. The number of aromatic nitrogens is 2. The topological polar surface area (TPSA) is 85.6 Å². The third-order valence-corrected chi connectivity index (χ3v) is 4.69. The van der Waals surface area contributed by atoms with Crippen molar-refractivity contribution >= 4 is 23.0 Å². The number of hydrogen-bond acceptors (Lipinski definition) is 5. The number of rotatable bonds is 9. The molecule has 0 spiro atoms. The summed E-state index contributed by atoms with van der Waals surface area (Å²) in [5.41, 5.74) is 3.42. The van der Waals surface area contributed by atoms with Crippen molar-refractivity contribution < 1.29 is 14.3 Å². The van der Waals surface area contributed by atoms with Gasteiger partial charge in [0, 0.05) is 30.4 Å². The van der Waals surface area contributed by atoms with Gasteiger partial charge in [-0.2, -0.15) is 5.10 Å². The summed E-state index contributed by atoms with van der Waals surface area (Å²) in [5, 5.41) is 7.23. The van der Waals surface area contributed by atoms with Gasteiger partial charge in [-0.1, -0.05) is 25.6 Å². The molecule has 1 aliphatic heterocycles. The number of amides is 1. The number of ether oxygens (including phenoxy) is 1. The number of nitrogens with one attached hydrogen (secondary N) is 1. The molecule has 3 rings (SSSR count). The summed E-state index contributed by atoms with van der Waals surface area (Å²) >= 11 is 0. The molecule has 1 aromatic heterocycles. The van der Waals surface area contributed by atoms with E-state index < -0.39 is 0 Å². The first-order valence-electron chi connectivity index (χ1n) is 9.99. The van der Waals surface area contributed by atoms with Gasteiger partial charge in [-0.05, 0) is 43.2 Å². The van der Waals surface area contributed by atoms with E-state index in [1.165, 1.54) is 0 Å². The molecule has 7 heteroatoms. The molecule has 0 bridgehead atoms. The Morgan fingerprint density at radius 1 is 1.40 bits per heavy atom. The molecule has 1 N–H and O–H groups in total. The molecule has 7 nitrogen and oxygen atoms in total. The van der Waals surface area contributed by atoms with Gasteiger partial charge in [0.15, 0.2) is 5.78 Å². The number of Topliss-reactive ketones (excluding diaryl/α,β-unsaturated/α-hetero) is 1. The largest absolute Gasteiger partial charge is 0.485 e. The molecule has 0 aliphatic carbocycles. The molecule has 1 aromatic carbocycles. The zero-order valence-electron chi connectivity index (χ0n) is 17.4. The van der Waals surface area contributed by atoms with Crippen molar-refractivity contribution in [1.82, 2.24) is 15.1 Å². The number of aliphatic imine (C=N–C) groups is 1. The Bertz CT molecular complexity index is 1020. The second-order valence-electron chi connectivity index (χ2n) is 7.02. The molecule has 0 atom stereocenters. The predicted molar refractivity (Wildman–Crippen MR) is 117 cm³/mol. The van der Waals surface area contributed by atoms with Gasteiger partial charge in [0.2, 0.25) is 0 Å². The summed E-state index contributed by atoms with van der Waals surface area (Å²) in [6, 6.07) is 9.23. The number of ketones is 1. The van der Waals surface area contributed by atoms with Crippen LogP contribution in [0.15, 0.2) is 54.2 Å². The van der Waals surface area contributed by atoms with E-state index in [9.17, 15) is 9.59 Å². The highest BCUT2D eigenvalue weighted by Crippen LogP contribution is 2.20. The molecule has 2 aromatic rings. The Morgan fingerprint density at radius 2 is 2.20 bits per heavy atom. The molecule has 30 heavy (non-hydrogen) atoms. The molecule has 0 unspecified atom stereocenters. The third-order valence-electron chi connectivity index (χ3n) is 4.69. The van der Waals surface area contributed by atoms with Crippen molar-refractivity contribution in [2.24, 2.45) is 4.99 Å². The van der Waals surface area contributed by atoms with Gasteiger partial charge < -0.3 is 10.1 Å². The standard InChI is InChI=1S/C23H26N4O3/c1-4-7-18(28)15-30-22-9-6-5-8-19(22)17(3)24-11-10-16(2)20-14-21-23(29)25-12-13-27(21)26-20/h5-6,8-11,14H,2,4,7,12-13,15H2,1,3H3,(H,25,29)/b11-10-,24-17?. The lowest BCUT2D eigenvalue weighted by Crippen LogP contribution is -2.35. The second-order valence-corrected chi connectivity index (χ2v) is 7.02.